The normalized spacial score (nSPS) is 31.9. The average Bonchev–Trinajstić information content (AvgIpc) is 3.48. The summed E-state index contributed by atoms with van der Waals surface area (Å²) in [6.45, 7) is 8.66. The predicted molar refractivity (Wildman–Crippen MR) is 130 cm³/mol. The molecule has 4 amide bonds. The molecule has 3 aliphatic heterocycles. The number of amides is 4. The van der Waals surface area contributed by atoms with Crippen molar-refractivity contribution >= 4 is 35.3 Å². The van der Waals surface area contributed by atoms with Gasteiger partial charge in [-0.1, -0.05) is 32.4 Å². The van der Waals surface area contributed by atoms with Crippen molar-refractivity contribution in [3.63, 3.8) is 0 Å². The summed E-state index contributed by atoms with van der Waals surface area (Å²) in [6.07, 6.45) is 3.03. The second-order valence-electron chi connectivity index (χ2n) is 10.8. The first-order valence-electron chi connectivity index (χ1n) is 12.5. The number of anilines is 1. The molecular weight excluding hydrogens is 468 g/mol. The highest BCUT2D eigenvalue weighted by Gasteiger charge is 2.63. The first-order chi connectivity index (χ1) is 16.6. The van der Waals surface area contributed by atoms with E-state index in [0.29, 0.717) is 47.5 Å². The Balaban J connectivity index is 1.35. The van der Waals surface area contributed by atoms with E-state index in [1.807, 2.05) is 6.07 Å². The molecule has 3 saturated heterocycles. The highest BCUT2D eigenvalue weighted by atomic mass is 35.5. The number of nitriles is 1. The summed E-state index contributed by atoms with van der Waals surface area (Å²) in [5.41, 5.74) is 1.17. The van der Waals surface area contributed by atoms with Crippen LogP contribution < -0.4 is 4.90 Å². The molecule has 0 N–H and O–H groups in total. The summed E-state index contributed by atoms with van der Waals surface area (Å²) < 4.78 is 6.04. The van der Waals surface area contributed by atoms with Crippen LogP contribution in [0.25, 0.3) is 0 Å². The number of carbonyl (C=O) groups is 3. The molecule has 2 bridgehead atoms. The Morgan fingerprint density at radius 1 is 1.23 bits per heavy atom. The van der Waals surface area contributed by atoms with E-state index in [2.05, 4.69) is 20.8 Å². The van der Waals surface area contributed by atoms with E-state index < -0.39 is 18.1 Å². The zero-order chi connectivity index (χ0) is 25.2. The van der Waals surface area contributed by atoms with Gasteiger partial charge < -0.3 is 14.5 Å². The van der Waals surface area contributed by atoms with E-state index >= 15 is 0 Å². The minimum atomic E-state index is -0.727. The molecule has 0 aromatic heterocycles. The van der Waals surface area contributed by atoms with Crippen LogP contribution in [0.15, 0.2) is 12.1 Å². The number of fused-ring (bicyclic) bond motifs is 5. The number of hydrogen-bond acceptors (Lipinski definition) is 5. The van der Waals surface area contributed by atoms with Gasteiger partial charge in [-0.3, -0.25) is 4.79 Å². The molecule has 4 aliphatic rings. The molecule has 3 heterocycles. The Morgan fingerprint density at radius 3 is 2.66 bits per heavy atom. The number of urea groups is 1. The highest BCUT2D eigenvalue weighted by Crippen LogP contribution is 2.44. The Morgan fingerprint density at radius 2 is 1.97 bits per heavy atom. The summed E-state index contributed by atoms with van der Waals surface area (Å²) in [6, 6.07) is 3.37. The molecule has 1 saturated carbocycles. The molecule has 4 fully saturated rings. The third-order valence-corrected chi connectivity index (χ3v) is 8.91. The summed E-state index contributed by atoms with van der Waals surface area (Å²) in [4.78, 5) is 44.6. The van der Waals surface area contributed by atoms with Gasteiger partial charge >= 0.3 is 12.1 Å². The third-order valence-electron chi connectivity index (χ3n) is 8.42. The molecule has 6 atom stereocenters. The fraction of sp³-hybridized carbons (Fsp3) is 0.615. The van der Waals surface area contributed by atoms with Crippen LogP contribution in [0.3, 0.4) is 0 Å². The maximum Gasteiger partial charge on any atom is 0.410 e. The van der Waals surface area contributed by atoms with Gasteiger partial charge in [0.1, 0.15) is 18.2 Å². The Labute approximate surface area is 210 Å². The Bertz CT molecular complexity index is 1130. The smallest absolute Gasteiger partial charge is 0.410 e. The molecule has 5 rings (SSSR count). The molecule has 1 aromatic carbocycles. The standard InChI is InChI=1S/C26H31ClN4O4/c1-13(2)18-9-14(3)5-8-21(18)35-26(34)29-12-17-10-20(29)23-24(32)31(25(33)30(17)23)19-7-6-16(11-28)22(27)15(19)4/h6-7,13-14,17-18,20-21,23H,5,8-10,12H2,1-4H3/t14-,17?,18-,20?,21+,23-/m1/s1. The van der Waals surface area contributed by atoms with Gasteiger partial charge in [0.25, 0.3) is 5.91 Å². The number of hydrogen-bond donors (Lipinski definition) is 0. The van der Waals surface area contributed by atoms with Crippen molar-refractivity contribution in [3.8, 4) is 6.07 Å². The minimum Gasteiger partial charge on any atom is -0.446 e. The van der Waals surface area contributed by atoms with E-state index in [0.717, 1.165) is 24.2 Å². The van der Waals surface area contributed by atoms with Crippen molar-refractivity contribution in [3.05, 3.63) is 28.3 Å². The second-order valence-corrected chi connectivity index (χ2v) is 11.2. The summed E-state index contributed by atoms with van der Waals surface area (Å²) in [5, 5.41) is 9.46. The van der Waals surface area contributed by atoms with Gasteiger partial charge in [-0.25, -0.2) is 14.5 Å². The zero-order valence-electron chi connectivity index (χ0n) is 20.5. The van der Waals surface area contributed by atoms with Crippen LogP contribution in [0.4, 0.5) is 15.3 Å². The number of benzene rings is 1. The summed E-state index contributed by atoms with van der Waals surface area (Å²) in [7, 11) is 0. The van der Waals surface area contributed by atoms with Crippen LogP contribution >= 0.6 is 11.6 Å². The first kappa shape index (κ1) is 23.9. The van der Waals surface area contributed by atoms with E-state index in [1.165, 1.54) is 6.07 Å². The third kappa shape index (κ3) is 3.67. The monoisotopic (exact) mass is 498 g/mol. The van der Waals surface area contributed by atoms with E-state index in [9.17, 15) is 19.6 Å². The van der Waals surface area contributed by atoms with Crippen LogP contribution in [0.1, 0.15) is 57.6 Å². The van der Waals surface area contributed by atoms with Crippen LogP contribution in [-0.2, 0) is 9.53 Å². The first-order valence-corrected chi connectivity index (χ1v) is 12.8. The lowest BCUT2D eigenvalue weighted by Gasteiger charge is -2.39. The second kappa shape index (κ2) is 8.70. The number of ether oxygens (including phenoxy) is 1. The topological polar surface area (TPSA) is 94.0 Å². The van der Waals surface area contributed by atoms with Crippen molar-refractivity contribution in [2.75, 3.05) is 11.4 Å². The number of nitrogens with zero attached hydrogens (tertiary/aromatic N) is 4. The molecule has 2 unspecified atom stereocenters. The van der Waals surface area contributed by atoms with E-state index in [1.54, 1.807) is 22.8 Å². The summed E-state index contributed by atoms with van der Waals surface area (Å²) in [5.74, 6) is 1.01. The predicted octanol–water partition coefficient (Wildman–Crippen LogP) is 4.71. The zero-order valence-corrected chi connectivity index (χ0v) is 21.3. The maximum atomic E-state index is 13.5. The van der Waals surface area contributed by atoms with Crippen molar-refractivity contribution < 1.29 is 19.1 Å². The molecule has 9 heteroatoms. The van der Waals surface area contributed by atoms with Gasteiger partial charge in [-0.15, -0.1) is 0 Å². The number of piperazine rings is 1. The molecular formula is C26H31ClN4O4. The van der Waals surface area contributed by atoms with Gasteiger partial charge in [-0.2, -0.15) is 5.26 Å². The number of halogens is 1. The molecule has 1 aliphatic carbocycles. The number of imide groups is 1. The fourth-order valence-corrected chi connectivity index (χ4v) is 6.74. The minimum absolute atomic E-state index is 0.116. The largest absolute Gasteiger partial charge is 0.446 e. The molecule has 8 nitrogen and oxygen atoms in total. The van der Waals surface area contributed by atoms with Gasteiger partial charge in [0.05, 0.1) is 28.4 Å². The number of carbonyl (C=O) groups excluding carboxylic acids is 3. The van der Waals surface area contributed by atoms with Crippen molar-refractivity contribution in [2.24, 2.45) is 17.8 Å². The van der Waals surface area contributed by atoms with Gasteiger partial charge in [-0.05, 0) is 68.1 Å². The van der Waals surface area contributed by atoms with Crippen molar-refractivity contribution in [1.82, 2.24) is 9.80 Å². The van der Waals surface area contributed by atoms with Crippen LogP contribution in [-0.4, -0.2) is 58.6 Å². The van der Waals surface area contributed by atoms with Crippen molar-refractivity contribution in [1.29, 1.82) is 5.26 Å². The Kier molecular flexibility index (Phi) is 5.95. The highest BCUT2D eigenvalue weighted by molar-refractivity contribution is 6.33. The lowest BCUT2D eigenvalue weighted by molar-refractivity contribution is -0.121. The lowest BCUT2D eigenvalue weighted by Crippen LogP contribution is -2.55. The van der Waals surface area contributed by atoms with Gasteiger partial charge in [0, 0.05) is 6.54 Å². The summed E-state index contributed by atoms with van der Waals surface area (Å²) >= 11 is 6.31. The number of likely N-dealkylation sites (tertiary alicyclic amines) is 1. The quantitative estimate of drug-likeness (QED) is 0.562. The van der Waals surface area contributed by atoms with Crippen LogP contribution in [0.5, 0.6) is 0 Å². The van der Waals surface area contributed by atoms with Crippen molar-refractivity contribution in [2.45, 2.75) is 77.6 Å². The van der Waals surface area contributed by atoms with E-state index in [4.69, 9.17) is 16.3 Å². The lowest BCUT2D eigenvalue weighted by atomic mass is 9.75. The van der Waals surface area contributed by atoms with Gasteiger partial charge in [0.15, 0.2) is 0 Å². The maximum absolute atomic E-state index is 13.5. The van der Waals surface area contributed by atoms with E-state index in [-0.39, 0.29) is 29.2 Å². The fourth-order valence-electron chi connectivity index (χ4n) is 6.53. The molecule has 186 valence electrons. The van der Waals surface area contributed by atoms with Crippen LogP contribution in [0, 0.1) is 36.0 Å². The molecule has 0 radical (unpaired) electrons. The molecule has 0 spiro atoms. The SMILES string of the molecule is Cc1c(N2C(=O)[C@H]3C4CC(CN4C(=O)O[C@H]4CC[C@@H](C)C[C@@H]4C(C)C)N3C2=O)ccc(C#N)c1Cl. The molecule has 35 heavy (non-hydrogen) atoms. The molecule has 1 aromatic rings. The number of rotatable bonds is 3. The average molecular weight is 499 g/mol. The van der Waals surface area contributed by atoms with Crippen LogP contribution in [0.2, 0.25) is 5.02 Å². The Hall–Kier alpha value is -2.79. The van der Waals surface area contributed by atoms with Gasteiger partial charge in [0.2, 0.25) is 0 Å².